The van der Waals surface area contributed by atoms with E-state index in [9.17, 15) is 22.8 Å². The maximum absolute atomic E-state index is 11.9. The summed E-state index contributed by atoms with van der Waals surface area (Å²) >= 11 is 0. The summed E-state index contributed by atoms with van der Waals surface area (Å²) in [6.07, 6.45) is -3.50. The van der Waals surface area contributed by atoms with Crippen molar-refractivity contribution in [2.45, 2.75) is 32.0 Å². The zero-order valence-electron chi connectivity index (χ0n) is 10.4. The van der Waals surface area contributed by atoms with E-state index in [2.05, 4.69) is 4.74 Å². The minimum atomic E-state index is -4.47. The standard InChI is InChI=1S/C11H16F3NO4/c1-7-2-3-8(10(17)18)4-15(7)9(16)5-19-6-11(12,13)14/h7-8H,2-6H2,1H3,(H,17,18). The Hall–Kier alpha value is -1.31. The molecule has 1 heterocycles. The average molecular weight is 283 g/mol. The molecule has 1 N–H and O–H groups in total. The number of nitrogens with zero attached hydrogens (tertiary/aromatic N) is 1. The van der Waals surface area contributed by atoms with Crippen LogP contribution in [0.2, 0.25) is 0 Å². The van der Waals surface area contributed by atoms with Crippen LogP contribution < -0.4 is 0 Å². The minimum absolute atomic E-state index is 0.0186. The van der Waals surface area contributed by atoms with Gasteiger partial charge in [0.05, 0.1) is 5.92 Å². The van der Waals surface area contributed by atoms with Gasteiger partial charge in [-0.15, -0.1) is 0 Å². The number of carboxylic acid groups (broad SMARTS) is 1. The average Bonchev–Trinajstić information content (AvgIpc) is 2.27. The summed E-state index contributed by atoms with van der Waals surface area (Å²) in [7, 11) is 0. The lowest BCUT2D eigenvalue weighted by atomic mass is 9.93. The van der Waals surface area contributed by atoms with Crippen molar-refractivity contribution in [3.05, 3.63) is 0 Å². The van der Waals surface area contributed by atoms with Crippen LogP contribution in [0.3, 0.4) is 0 Å². The van der Waals surface area contributed by atoms with Gasteiger partial charge in [0.2, 0.25) is 5.91 Å². The quantitative estimate of drug-likeness (QED) is 0.844. The Labute approximate surface area is 108 Å². The SMILES string of the molecule is CC1CCC(C(=O)O)CN1C(=O)COCC(F)(F)F. The molecule has 0 aliphatic carbocycles. The number of alkyl halides is 3. The third-order valence-corrected chi connectivity index (χ3v) is 3.04. The largest absolute Gasteiger partial charge is 0.481 e. The summed E-state index contributed by atoms with van der Waals surface area (Å²) in [5.74, 6) is -2.27. The van der Waals surface area contributed by atoms with E-state index in [1.807, 2.05) is 0 Å². The first-order valence-corrected chi connectivity index (χ1v) is 5.87. The number of piperidine rings is 1. The molecule has 19 heavy (non-hydrogen) atoms. The third kappa shape index (κ3) is 5.06. The minimum Gasteiger partial charge on any atom is -0.481 e. The van der Waals surface area contributed by atoms with Crippen LogP contribution in [-0.4, -0.2) is 53.9 Å². The van der Waals surface area contributed by atoms with E-state index in [-0.39, 0.29) is 12.6 Å². The molecule has 1 aliphatic rings. The zero-order chi connectivity index (χ0) is 14.6. The molecule has 0 bridgehead atoms. The van der Waals surface area contributed by atoms with Crippen LogP contribution in [0.15, 0.2) is 0 Å². The second-order valence-electron chi connectivity index (χ2n) is 4.62. The molecule has 1 amide bonds. The summed E-state index contributed by atoms with van der Waals surface area (Å²) < 4.78 is 39.9. The molecule has 0 aromatic rings. The van der Waals surface area contributed by atoms with Gasteiger partial charge in [0.1, 0.15) is 13.2 Å². The molecule has 0 aromatic carbocycles. The molecule has 2 unspecified atom stereocenters. The molecule has 110 valence electrons. The lowest BCUT2D eigenvalue weighted by Crippen LogP contribution is -2.48. The number of amides is 1. The Kier molecular flexibility index (Phi) is 5.16. The van der Waals surface area contributed by atoms with E-state index < -0.39 is 37.2 Å². The number of carbonyl (C=O) groups excluding carboxylic acids is 1. The predicted molar refractivity (Wildman–Crippen MR) is 58.4 cm³/mol. The normalized spacial score (nSPS) is 24.3. The van der Waals surface area contributed by atoms with E-state index in [1.165, 1.54) is 4.90 Å². The molecular formula is C11H16F3NO4. The molecule has 0 aromatic heterocycles. The molecule has 8 heteroatoms. The van der Waals surface area contributed by atoms with Crippen molar-refractivity contribution in [2.24, 2.45) is 5.92 Å². The number of halogens is 3. The fraction of sp³-hybridized carbons (Fsp3) is 0.818. The van der Waals surface area contributed by atoms with Crippen molar-refractivity contribution < 1.29 is 32.6 Å². The number of hydrogen-bond acceptors (Lipinski definition) is 3. The highest BCUT2D eigenvalue weighted by atomic mass is 19.4. The first-order chi connectivity index (χ1) is 8.70. The van der Waals surface area contributed by atoms with Crippen LogP contribution in [0, 0.1) is 5.92 Å². The molecule has 5 nitrogen and oxygen atoms in total. The fourth-order valence-corrected chi connectivity index (χ4v) is 1.99. The lowest BCUT2D eigenvalue weighted by molar-refractivity contribution is -0.178. The van der Waals surface area contributed by atoms with Crippen molar-refractivity contribution in [3.63, 3.8) is 0 Å². The maximum atomic E-state index is 11.9. The van der Waals surface area contributed by atoms with Crippen LogP contribution in [0.5, 0.6) is 0 Å². The first kappa shape index (κ1) is 15.7. The summed E-state index contributed by atoms with van der Waals surface area (Å²) in [6, 6.07) is -0.183. The Morgan fingerprint density at radius 3 is 2.53 bits per heavy atom. The summed E-state index contributed by atoms with van der Waals surface area (Å²) in [6.45, 7) is -0.413. The van der Waals surface area contributed by atoms with E-state index in [4.69, 9.17) is 5.11 Å². The third-order valence-electron chi connectivity index (χ3n) is 3.04. The topological polar surface area (TPSA) is 66.8 Å². The fourth-order valence-electron chi connectivity index (χ4n) is 1.99. The Balaban J connectivity index is 2.47. The highest BCUT2D eigenvalue weighted by Crippen LogP contribution is 2.22. The van der Waals surface area contributed by atoms with E-state index in [1.54, 1.807) is 6.92 Å². The van der Waals surface area contributed by atoms with Crippen LogP contribution in [-0.2, 0) is 14.3 Å². The number of carbonyl (C=O) groups is 2. The molecule has 0 spiro atoms. The van der Waals surface area contributed by atoms with Gasteiger partial charge < -0.3 is 14.7 Å². The molecule has 2 atom stereocenters. The van der Waals surface area contributed by atoms with Crippen molar-refractivity contribution in [2.75, 3.05) is 19.8 Å². The van der Waals surface area contributed by atoms with Crippen molar-refractivity contribution in [1.29, 1.82) is 0 Å². The molecule has 1 aliphatic heterocycles. The van der Waals surface area contributed by atoms with Crippen LogP contribution in [0.25, 0.3) is 0 Å². The molecule has 1 fully saturated rings. The number of ether oxygens (including phenoxy) is 1. The smallest absolute Gasteiger partial charge is 0.411 e. The van der Waals surface area contributed by atoms with E-state index >= 15 is 0 Å². The van der Waals surface area contributed by atoms with Gasteiger partial charge in [0.25, 0.3) is 0 Å². The summed E-state index contributed by atoms with van der Waals surface area (Å²) in [4.78, 5) is 23.8. The highest BCUT2D eigenvalue weighted by molar-refractivity contribution is 5.79. The number of aliphatic carboxylic acids is 1. The number of carboxylic acids is 1. The monoisotopic (exact) mass is 283 g/mol. The van der Waals surface area contributed by atoms with Gasteiger partial charge >= 0.3 is 12.1 Å². The van der Waals surface area contributed by atoms with Gasteiger partial charge in [-0.2, -0.15) is 13.2 Å². The molecule has 1 rings (SSSR count). The van der Waals surface area contributed by atoms with E-state index in [0.717, 1.165) is 0 Å². The van der Waals surface area contributed by atoms with Gasteiger partial charge in [-0.05, 0) is 19.8 Å². The zero-order valence-corrected chi connectivity index (χ0v) is 10.4. The van der Waals surface area contributed by atoms with Crippen molar-refractivity contribution in [1.82, 2.24) is 4.90 Å². The molecule has 0 radical (unpaired) electrons. The summed E-state index contributed by atoms with van der Waals surface area (Å²) in [5.41, 5.74) is 0. The number of hydrogen-bond donors (Lipinski definition) is 1. The second kappa shape index (κ2) is 6.23. The van der Waals surface area contributed by atoms with Gasteiger partial charge in [-0.1, -0.05) is 0 Å². The highest BCUT2D eigenvalue weighted by Gasteiger charge is 2.33. The van der Waals surface area contributed by atoms with Crippen LogP contribution in [0.1, 0.15) is 19.8 Å². The Morgan fingerprint density at radius 1 is 1.37 bits per heavy atom. The number of rotatable bonds is 4. The van der Waals surface area contributed by atoms with E-state index in [0.29, 0.717) is 12.8 Å². The molecule has 1 saturated heterocycles. The van der Waals surface area contributed by atoms with Crippen molar-refractivity contribution in [3.8, 4) is 0 Å². The lowest BCUT2D eigenvalue weighted by Gasteiger charge is -2.36. The van der Waals surface area contributed by atoms with Gasteiger partial charge in [-0.25, -0.2) is 0 Å². The molecular weight excluding hydrogens is 267 g/mol. The number of likely N-dealkylation sites (tertiary alicyclic amines) is 1. The van der Waals surface area contributed by atoms with Gasteiger partial charge in [-0.3, -0.25) is 9.59 Å². The predicted octanol–water partition coefficient (Wildman–Crippen LogP) is 1.28. The summed E-state index contributed by atoms with van der Waals surface area (Å²) in [5, 5.41) is 8.89. The second-order valence-corrected chi connectivity index (χ2v) is 4.62. The Morgan fingerprint density at radius 2 is 2.00 bits per heavy atom. The van der Waals surface area contributed by atoms with Crippen molar-refractivity contribution >= 4 is 11.9 Å². The first-order valence-electron chi connectivity index (χ1n) is 5.87. The maximum Gasteiger partial charge on any atom is 0.411 e. The van der Waals surface area contributed by atoms with Gasteiger partial charge in [0.15, 0.2) is 0 Å². The Bertz CT molecular complexity index is 345. The van der Waals surface area contributed by atoms with Crippen LogP contribution in [0.4, 0.5) is 13.2 Å². The van der Waals surface area contributed by atoms with Crippen LogP contribution >= 0.6 is 0 Å². The van der Waals surface area contributed by atoms with Gasteiger partial charge in [0, 0.05) is 12.6 Å². The molecule has 0 saturated carbocycles.